The number of ether oxygens (including phenoxy) is 2. The van der Waals surface area contributed by atoms with Gasteiger partial charge >= 0.3 is 11.9 Å². The van der Waals surface area contributed by atoms with Crippen LogP contribution >= 0.6 is 31.9 Å². The predicted molar refractivity (Wildman–Crippen MR) is 138 cm³/mol. The average molecular weight is 622 g/mol. The molecule has 2 aromatic carbocycles. The van der Waals surface area contributed by atoms with Crippen molar-refractivity contribution in [3.05, 3.63) is 76.4 Å². The van der Waals surface area contributed by atoms with Crippen LogP contribution in [0, 0.1) is 33.8 Å². The number of methoxy groups -OCH3 is 1. The van der Waals surface area contributed by atoms with Crippen LogP contribution in [0.2, 0.25) is 0 Å². The Labute approximate surface area is 223 Å². The van der Waals surface area contributed by atoms with Gasteiger partial charge in [0.25, 0.3) is 5.69 Å². The third-order valence-corrected chi connectivity index (χ3v) is 9.14. The third kappa shape index (κ3) is 5.22. The molecule has 0 aromatic heterocycles. The van der Waals surface area contributed by atoms with E-state index in [2.05, 4.69) is 37.2 Å². The number of esters is 2. The lowest BCUT2D eigenvalue weighted by atomic mass is 9.82. The molecule has 1 amide bonds. The molecule has 6 atom stereocenters. The monoisotopic (exact) mass is 620 g/mol. The number of hydrogen-bond donors (Lipinski definition) is 1. The number of carbonyl (C=O) groups is 3. The number of benzene rings is 2. The van der Waals surface area contributed by atoms with Crippen LogP contribution in [0.15, 0.2) is 60.7 Å². The number of para-hydroxylation sites is 1. The molecule has 11 heteroatoms. The second-order valence-electron chi connectivity index (χ2n) is 8.58. The zero-order valence-corrected chi connectivity index (χ0v) is 22.2. The number of nitrogens with zero attached hydrogens (tertiary/aromatic N) is 1. The van der Waals surface area contributed by atoms with Gasteiger partial charge in [-0.3, -0.25) is 24.5 Å². The number of carbonyl (C=O) groups excluding carboxylic acids is 3. The minimum atomic E-state index is -1.08. The minimum Gasteiger partial charge on any atom is -0.497 e. The number of hydrogen-bond acceptors (Lipinski definition) is 7. The SMILES string of the molecule is COc1ccc(NC(=O)C2C3C=CC(C3)C2C(=O)OC(=O)C(Br)C(Br)c2ccccc2[N+](=O)[O-])cc1. The van der Waals surface area contributed by atoms with Gasteiger partial charge in [0.15, 0.2) is 0 Å². The lowest BCUT2D eigenvalue weighted by Crippen LogP contribution is -2.39. The summed E-state index contributed by atoms with van der Waals surface area (Å²) in [5.41, 5.74) is 0.646. The van der Waals surface area contributed by atoms with Crippen molar-refractivity contribution >= 4 is 61.1 Å². The molecule has 0 saturated heterocycles. The Balaban J connectivity index is 1.45. The van der Waals surface area contributed by atoms with Crippen molar-refractivity contribution in [3.63, 3.8) is 0 Å². The molecule has 0 radical (unpaired) electrons. The molecule has 2 bridgehead atoms. The summed E-state index contributed by atoms with van der Waals surface area (Å²) in [6.07, 6.45) is 4.42. The molecule has 36 heavy (non-hydrogen) atoms. The fraction of sp³-hybridized carbons (Fsp3) is 0.320. The van der Waals surface area contributed by atoms with E-state index in [9.17, 15) is 24.5 Å². The standard InChI is InChI=1S/C25H22Br2N2O7/c1-35-16-10-8-15(9-11-16)28-23(30)19-13-6-7-14(12-13)20(19)24(31)36-25(32)22(27)21(26)17-4-2-3-5-18(17)29(33)34/h2-11,13-14,19-22H,12H2,1H3,(H,28,30). The molecule has 9 nitrogen and oxygen atoms in total. The summed E-state index contributed by atoms with van der Waals surface area (Å²) >= 11 is 6.52. The van der Waals surface area contributed by atoms with Crippen LogP contribution in [0.3, 0.4) is 0 Å². The lowest BCUT2D eigenvalue weighted by molar-refractivity contribution is -0.385. The van der Waals surface area contributed by atoms with Gasteiger partial charge in [0.1, 0.15) is 10.6 Å². The summed E-state index contributed by atoms with van der Waals surface area (Å²) in [5, 5.41) is 14.2. The van der Waals surface area contributed by atoms with Gasteiger partial charge in [-0.1, -0.05) is 62.2 Å². The summed E-state index contributed by atoms with van der Waals surface area (Å²) < 4.78 is 10.3. The van der Waals surface area contributed by atoms with E-state index in [1.165, 1.54) is 18.2 Å². The number of fused-ring (bicyclic) bond motifs is 2. The highest BCUT2D eigenvalue weighted by Gasteiger charge is 2.53. The first kappa shape index (κ1) is 26.0. The number of rotatable bonds is 8. The van der Waals surface area contributed by atoms with Gasteiger partial charge in [0.05, 0.1) is 28.7 Å². The zero-order chi connectivity index (χ0) is 26.0. The van der Waals surface area contributed by atoms with Crippen molar-refractivity contribution in [1.29, 1.82) is 0 Å². The highest BCUT2D eigenvalue weighted by atomic mass is 79.9. The summed E-state index contributed by atoms with van der Waals surface area (Å²) in [7, 11) is 1.54. The molecule has 1 fully saturated rings. The fourth-order valence-corrected chi connectivity index (χ4v) is 5.77. The topological polar surface area (TPSA) is 125 Å². The van der Waals surface area contributed by atoms with Gasteiger partial charge in [-0.2, -0.15) is 0 Å². The molecule has 1 N–H and O–H groups in total. The maximum absolute atomic E-state index is 13.1. The number of nitrogens with one attached hydrogen (secondary N) is 1. The van der Waals surface area contributed by atoms with Crippen molar-refractivity contribution in [2.45, 2.75) is 16.1 Å². The maximum Gasteiger partial charge on any atom is 0.328 e. The summed E-state index contributed by atoms with van der Waals surface area (Å²) in [5.74, 6) is -3.25. The van der Waals surface area contributed by atoms with E-state index in [-0.39, 0.29) is 29.0 Å². The van der Waals surface area contributed by atoms with Gasteiger partial charge in [0.2, 0.25) is 5.91 Å². The molecule has 0 spiro atoms. The Hall–Kier alpha value is -3.05. The molecular weight excluding hydrogens is 600 g/mol. The van der Waals surface area contributed by atoms with Crippen LogP contribution in [0.1, 0.15) is 16.8 Å². The minimum absolute atomic E-state index is 0.142. The third-order valence-electron chi connectivity index (χ3n) is 6.51. The highest BCUT2D eigenvalue weighted by molar-refractivity contribution is 9.12. The van der Waals surface area contributed by atoms with E-state index in [1.54, 1.807) is 37.4 Å². The number of nitro benzene ring substituents is 1. The number of allylic oxidation sites excluding steroid dienone is 2. The van der Waals surface area contributed by atoms with Gasteiger partial charge in [-0.15, -0.1) is 0 Å². The molecule has 0 aliphatic heterocycles. The van der Waals surface area contributed by atoms with E-state index in [0.29, 0.717) is 17.9 Å². The van der Waals surface area contributed by atoms with Crippen molar-refractivity contribution in [3.8, 4) is 5.75 Å². The largest absolute Gasteiger partial charge is 0.497 e. The normalized spacial score (nSPS) is 23.5. The Morgan fingerprint density at radius 1 is 1.03 bits per heavy atom. The van der Waals surface area contributed by atoms with Gasteiger partial charge in [-0.05, 0) is 42.5 Å². The summed E-state index contributed by atoms with van der Waals surface area (Å²) in [4.78, 5) is 48.0. The van der Waals surface area contributed by atoms with E-state index < -0.39 is 38.4 Å². The first-order chi connectivity index (χ1) is 17.2. The highest BCUT2D eigenvalue weighted by Crippen LogP contribution is 2.49. The maximum atomic E-state index is 13.1. The Morgan fingerprint density at radius 3 is 2.31 bits per heavy atom. The van der Waals surface area contributed by atoms with E-state index in [0.717, 1.165) is 0 Å². The summed E-state index contributed by atoms with van der Waals surface area (Å²) in [6.45, 7) is 0. The van der Waals surface area contributed by atoms with Gasteiger partial charge in [-0.25, -0.2) is 0 Å². The van der Waals surface area contributed by atoms with Crippen LogP contribution in [0.25, 0.3) is 0 Å². The van der Waals surface area contributed by atoms with Crippen molar-refractivity contribution in [1.82, 2.24) is 0 Å². The molecule has 1 saturated carbocycles. The second kappa shape index (κ2) is 10.9. The lowest BCUT2D eigenvalue weighted by Gasteiger charge is -2.26. The molecule has 2 aliphatic carbocycles. The van der Waals surface area contributed by atoms with E-state index in [1.807, 2.05) is 12.2 Å². The molecule has 188 valence electrons. The van der Waals surface area contributed by atoms with Crippen LogP contribution in [-0.2, 0) is 19.1 Å². The molecule has 4 rings (SSSR count). The second-order valence-corrected chi connectivity index (χ2v) is 10.6. The average Bonchev–Trinajstić information content (AvgIpc) is 3.50. The number of halogens is 2. The van der Waals surface area contributed by atoms with Crippen molar-refractivity contribution in [2.24, 2.45) is 23.7 Å². The molecular formula is C25H22Br2N2O7. The zero-order valence-electron chi connectivity index (χ0n) is 19.0. The smallest absolute Gasteiger partial charge is 0.328 e. The van der Waals surface area contributed by atoms with Gasteiger partial charge in [0, 0.05) is 17.3 Å². The Morgan fingerprint density at radius 2 is 1.67 bits per heavy atom. The molecule has 0 heterocycles. The Kier molecular flexibility index (Phi) is 7.89. The van der Waals surface area contributed by atoms with E-state index >= 15 is 0 Å². The quantitative estimate of drug-likeness (QED) is 0.110. The van der Waals surface area contributed by atoms with E-state index in [4.69, 9.17) is 9.47 Å². The molecule has 2 aromatic rings. The predicted octanol–water partition coefficient (Wildman–Crippen LogP) is 4.95. The first-order valence-corrected chi connectivity index (χ1v) is 12.9. The number of alkyl halides is 2. The van der Waals surface area contributed by atoms with Crippen LogP contribution < -0.4 is 10.1 Å². The number of nitro groups is 1. The van der Waals surface area contributed by atoms with Crippen LogP contribution in [0.5, 0.6) is 5.75 Å². The molecule has 6 unspecified atom stereocenters. The molecule has 2 aliphatic rings. The van der Waals surface area contributed by atoms with Crippen LogP contribution in [0.4, 0.5) is 11.4 Å². The first-order valence-electron chi connectivity index (χ1n) is 11.1. The van der Waals surface area contributed by atoms with Gasteiger partial charge < -0.3 is 14.8 Å². The Bertz CT molecular complexity index is 1220. The van der Waals surface area contributed by atoms with Crippen LogP contribution in [-0.4, -0.2) is 34.7 Å². The fourth-order valence-electron chi connectivity index (χ4n) is 4.79. The summed E-state index contributed by atoms with van der Waals surface area (Å²) in [6, 6.07) is 12.8. The van der Waals surface area contributed by atoms with Crippen molar-refractivity contribution < 1.29 is 28.8 Å². The van der Waals surface area contributed by atoms with Crippen molar-refractivity contribution in [2.75, 3.05) is 12.4 Å². The number of anilines is 1. The number of amides is 1.